The van der Waals surface area contributed by atoms with Crippen LogP contribution in [0.4, 0.5) is 0 Å². The topological polar surface area (TPSA) is 9.23 Å². The minimum absolute atomic E-state index is 0.173. The van der Waals surface area contributed by atoms with E-state index < -0.39 is 5.41 Å². The smallest absolute Gasteiger partial charge is 0.139 e. The van der Waals surface area contributed by atoms with Crippen LogP contribution in [0.2, 0.25) is 0 Å². The van der Waals surface area contributed by atoms with E-state index in [4.69, 9.17) is 4.74 Å². The Morgan fingerprint density at radius 3 is 2.02 bits per heavy atom. The number of fused-ring (bicyclic) bond motifs is 7. The maximum Gasteiger partial charge on any atom is 0.139 e. The molecule has 0 bridgehead atoms. The fourth-order valence-corrected chi connectivity index (χ4v) is 8.14. The molecule has 0 N–H and O–H groups in total. The predicted octanol–water partition coefficient (Wildman–Crippen LogP) is 11.3. The molecule has 0 saturated heterocycles. The standard InChI is InChI=1S/C44H32O/c1-43(2)37-23-10-11-25-40(37)45-42-34(21-13-24-39(42)43)30-15-12-18-32(28-30)44(31-16-4-3-5-17-31)36-22-9-8-20-35(36)41-33-19-7-6-14-29(33)26-27-38(41)44/h3-28H,1-2H3. The summed E-state index contributed by atoms with van der Waals surface area (Å²) in [5.74, 6) is 1.88. The first-order chi connectivity index (χ1) is 22.1. The molecule has 7 aromatic carbocycles. The highest BCUT2D eigenvalue weighted by Gasteiger charge is 2.46. The van der Waals surface area contributed by atoms with Gasteiger partial charge in [0.2, 0.25) is 0 Å². The molecule has 1 nitrogen and oxygen atoms in total. The molecule has 1 aliphatic carbocycles. The van der Waals surface area contributed by atoms with E-state index in [2.05, 4.69) is 172 Å². The van der Waals surface area contributed by atoms with Gasteiger partial charge in [0.15, 0.2) is 0 Å². The van der Waals surface area contributed by atoms with E-state index in [9.17, 15) is 0 Å². The van der Waals surface area contributed by atoms with Gasteiger partial charge in [-0.3, -0.25) is 0 Å². The minimum Gasteiger partial charge on any atom is -0.456 e. The Morgan fingerprint density at radius 1 is 0.467 bits per heavy atom. The van der Waals surface area contributed by atoms with Crippen molar-refractivity contribution in [3.05, 3.63) is 191 Å². The molecule has 0 saturated carbocycles. The zero-order valence-corrected chi connectivity index (χ0v) is 25.4. The highest BCUT2D eigenvalue weighted by Crippen LogP contribution is 2.58. The molecule has 9 rings (SSSR count). The second-order valence-corrected chi connectivity index (χ2v) is 12.9. The first-order valence-electron chi connectivity index (χ1n) is 15.8. The van der Waals surface area contributed by atoms with Crippen LogP contribution in [-0.2, 0) is 10.8 Å². The molecule has 1 atom stereocenters. The molecule has 2 aliphatic rings. The summed E-state index contributed by atoms with van der Waals surface area (Å²) in [6.45, 7) is 4.60. The summed E-state index contributed by atoms with van der Waals surface area (Å²) in [5, 5.41) is 2.56. The van der Waals surface area contributed by atoms with Gasteiger partial charge < -0.3 is 4.74 Å². The number of ether oxygens (including phenoxy) is 1. The molecule has 0 amide bonds. The molecule has 0 fully saturated rings. The van der Waals surface area contributed by atoms with E-state index in [0.29, 0.717) is 0 Å². The van der Waals surface area contributed by atoms with Gasteiger partial charge in [-0.1, -0.05) is 159 Å². The van der Waals surface area contributed by atoms with Gasteiger partial charge in [-0.15, -0.1) is 0 Å². The Balaban J connectivity index is 1.33. The lowest BCUT2D eigenvalue weighted by atomic mass is 9.67. The largest absolute Gasteiger partial charge is 0.456 e. The molecular weight excluding hydrogens is 544 g/mol. The van der Waals surface area contributed by atoms with Crippen molar-refractivity contribution in [3.63, 3.8) is 0 Å². The van der Waals surface area contributed by atoms with Gasteiger partial charge in [-0.05, 0) is 61.8 Å². The van der Waals surface area contributed by atoms with Crippen molar-refractivity contribution in [3.8, 4) is 33.8 Å². The van der Waals surface area contributed by atoms with Crippen LogP contribution < -0.4 is 4.74 Å². The first-order valence-corrected chi connectivity index (χ1v) is 15.8. The van der Waals surface area contributed by atoms with Crippen LogP contribution in [0.15, 0.2) is 158 Å². The minimum atomic E-state index is -0.477. The molecule has 7 aromatic rings. The van der Waals surface area contributed by atoms with Crippen LogP contribution in [-0.4, -0.2) is 0 Å². The van der Waals surface area contributed by atoms with Crippen molar-refractivity contribution >= 4 is 10.8 Å². The first kappa shape index (κ1) is 26.0. The molecule has 1 unspecified atom stereocenters. The quantitative estimate of drug-likeness (QED) is 0.203. The number of rotatable bonds is 3. The van der Waals surface area contributed by atoms with E-state index in [1.165, 1.54) is 55.3 Å². The van der Waals surface area contributed by atoms with Crippen molar-refractivity contribution in [1.82, 2.24) is 0 Å². The van der Waals surface area contributed by atoms with Crippen LogP contribution in [0.3, 0.4) is 0 Å². The molecule has 214 valence electrons. The van der Waals surface area contributed by atoms with Gasteiger partial charge >= 0.3 is 0 Å². The fraction of sp³-hybridized carbons (Fsp3) is 0.0909. The van der Waals surface area contributed by atoms with Gasteiger partial charge in [0.05, 0.1) is 5.41 Å². The summed E-state index contributed by atoms with van der Waals surface area (Å²) in [5.41, 5.74) is 11.9. The molecule has 1 heteroatoms. The van der Waals surface area contributed by atoms with Gasteiger partial charge in [0.25, 0.3) is 0 Å². The predicted molar refractivity (Wildman–Crippen MR) is 185 cm³/mol. The summed E-state index contributed by atoms with van der Waals surface area (Å²) in [7, 11) is 0. The third kappa shape index (κ3) is 3.56. The maximum absolute atomic E-state index is 6.73. The summed E-state index contributed by atoms with van der Waals surface area (Å²) in [6.07, 6.45) is 0. The van der Waals surface area contributed by atoms with Crippen molar-refractivity contribution in [2.75, 3.05) is 0 Å². The average molecular weight is 577 g/mol. The molecule has 45 heavy (non-hydrogen) atoms. The van der Waals surface area contributed by atoms with E-state index in [0.717, 1.165) is 22.6 Å². The summed E-state index contributed by atoms with van der Waals surface area (Å²) in [4.78, 5) is 0. The van der Waals surface area contributed by atoms with Gasteiger partial charge in [-0.25, -0.2) is 0 Å². The Kier molecular flexibility index (Phi) is 5.53. The third-order valence-electron chi connectivity index (χ3n) is 10.2. The van der Waals surface area contributed by atoms with E-state index >= 15 is 0 Å². The lowest BCUT2D eigenvalue weighted by Gasteiger charge is -2.36. The molecular formula is C44H32O. The number of hydrogen-bond acceptors (Lipinski definition) is 1. The summed E-state index contributed by atoms with van der Waals surface area (Å²) in [6, 6.07) is 57.7. The number of para-hydroxylation sites is 2. The zero-order chi connectivity index (χ0) is 30.2. The summed E-state index contributed by atoms with van der Waals surface area (Å²) >= 11 is 0. The Bertz CT molecular complexity index is 2280. The van der Waals surface area contributed by atoms with Crippen LogP contribution >= 0.6 is 0 Å². The second kappa shape index (κ2) is 9.55. The van der Waals surface area contributed by atoms with Crippen LogP contribution in [0.25, 0.3) is 33.0 Å². The van der Waals surface area contributed by atoms with Crippen molar-refractivity contribution < 1.29 is 4.74 Å². The highest BCUT2D eigenvalue weighted by molar-refractivity contribution is 6.04. The van der Waals surface area contributed by atoms with Crippen molar-refractivity contribution in [2.24, 2.45) is 0 Å². The number of benzene rings is 7. The summed E-state index contributed by atoms with van der Waals surface area (Å²) < 4.78 is 6.73. The van der Waals surface area contributed by atoms with Gasteiger partial charge in [-0.2, -0.15) is 0 Å². The average Bonchev–Trinajstić information content (AvgIpc) is 3.40. The van der Waals surface area contributed by atoms with Crippen LogP contribution in [0, 0.1) is 0 Å². The lowest BCUT2D eigenvalue weighted by Crippen LogP contribution is -2.28. The van der Waals surface area contributed by atoms with Crippen LogP contribution in [0.1, 0.15) is 47.2 Å². The lowest BCUT2D eigenvalue weighted by molar-refractivity contribution is 0.419. The van der Waals surface area contributed by atoms with Gasteiger partial charge in [0.1, 0.15) is 11.5 Å². The molecule has 1 aliphatic heterocycles. The Hall–Kier alpha value is -5.40. The van der Waals surface area contributed by atoms with E-state index in [-0.39, 0.29) is 5.41 Å². The normalized spacial score (nSPS) is 17.1. The SMILES string of the molecule is CC1(C)c2ccccc2Oc2c(-c3cccc(C4(c5ccccc5)c5ccccc5-c5c4ccc4ccccc54)c3)cccc21. The number of hydrogen-bond donors (Lipinski definition) is 0. The van der Waals surface area contributed by atoms with E-state index in [1.807, 2.05) is 0 Å². The van der Waals surface area contributed by atoms with Crippen molar-refractivity contribution in [1.29, 1.82) is 0 Å². The molecule has 0 spiro atoms. The monoisotopic (exact) mass is 576 g/mol. The molecule has 0 aromatic heterocycles. The second-order valence-electron chi connectivity index (χ2n) is 12.9. The third-order valence-corrected chi connectivity index (χ3v) is 10.2. The molecule has 1 heterocycles. The maximum atomic E-state index is 6.73. The Labute approximate surface area is 264 Å². The van der Waals surface area contributed by atoms with E-state index in [1.54, 1.807) is 0 Å². The highest BCUT2D eigenvalue weighted by atomic mass is 16.5. The zero-order valence-electron chi connectivity index (χ0n) is 25.4. The van der Waals surface area contributed by atoms with Crippen molar-refractivity contribution in [2.45, 2.75) is 24.7 Å². The van der Waals surface area contributed by atoms with Gasteiger partial charge in [0, 0.05) is 22.1 Å². The van der Waals surface area contributed by atoms with Crippen LogP contribution in [0.5, 0.6) is 11.5 Å². The Morgan fingerprint density at radius 2 is 1.13 bits per heavy atom. The fourth-order valence-electron chi connectivity index (χ4n) is 8.14. The molecule has 0 radical (unpaired) electrons.